The van der Waals surface area contributed by atoms with Crippen LogP contribution in [0, 0.1) is 20.8 Å². The lowest BCUT2D eigenvalue weighted by atomic mass is 9.95. The van der Waals surface area contributed by atoms with Crippen molar-refractivity contribution in [1.29, 1.82) is 0 Å². The Morgan fingerprint density at radius 1 is 0.947 bits per heavy atom. The van der Waals surface area contributed by atoms with Crippen molar-refractivity contribution in [2.45, 2.75) is 20.8 Å². The second-order valence-electron chi connectivity index (χ2n) is 4.74. The molecule has 1 nitrogen and oxygen atoms in total. The van der Waals surface area contributed by atoms with Gasteiger partial charge in [0.1, 0.15) is 0 Å². The second-order valence-corrected chi connectivity index (χ2v) is 6.09. The first-order chi connectivity index (χ1) is 8.88. The Balaban J connectivity index is 2.53. The van der Waals surface area contributed by atoms with E-state index >= 15 is 0 Å². The van der Waals surface area contributed by atoms with Crippen molar-refractivity contribution < 1.29 is 4.79 Å². The van der Waals surface area contributed by atoms with Gasteiger partial charge in [0.15, 0.2) is 5.78 Å². The number of ketones is 1. The lowest BCUT2D eigenvalue weighted by Gasteiger charge is -2.09. The molecule has 0 aliphatic rings. The van der Waals surface area contributed by atoms with Gasteiger partial charge in [-0.25, -0.2) is 0 Å². The molecule has 19 heavy (non-hydrogen) atoms. The van der Waals surface area contributed by atoms with Gasteiger partial charge in [0.25, 0.3) is 0 Å². The van der Waals surface area contributed by atoms with Crippen LogP contribution in [0.2, 0.25) is 5.02 Å². The minimum Gasteiger partial charge on any atom is -0.289 e. The molecule has 2 aromatic carbocycles. The summed E-state index contributed by atoms with van der Waals surface area (Å²) in [7, 11) is 0. The molecule has 2 aromatic rings. The fraction of sp³-hybridized carbons (Fsp3) is 0.188. The summed E-state index contributed by atoms with van der Waals surface area (Å²) in [5.74, 6) is 0.00352. The number of carbonyl (C=O) groups excluding carboxylic acids is 1. The number of benzene rings is 2. The third-order valence-electron chi connectivity index (χ3n) is 3.21. The molecule has 0 aromatic heterocycles. The summed E-state index contributed by atoms with van der Waals surface area (Å²) in [5, 5.41) is 0.555. The highest BCUT2D eigenvalue weighted by Crippen LogP contribution is 2.24. The normalized spacial score (nSPS) is 10.6. The van der Waals surface area contributed by atoms with Crippen molar-refractivity contribution in [1.82, 2.24) is 0 Å². The van der Waals surface area contributed by atoms with E-state index in [4.69, 9.17) is 11.6 Å². The molecular formula is C16H14BrClO. The molecular weight excluding hydrogens is 324 g/mol. The van der Waals surface area contributed by atoms with E-state index in [9.17, 15) is 4.79 Å². The fourth-order valence-corrected chi connectivity index (χ4v) is 2.91. The predicted octanol–water partition coefficient (Wildman–Crippen LogP) is 5.26. The zero-order chi connectivity index (χ0) is 14.2. The quantitative estimate of drug-likeness (QED) is 0.683. The molecule has 0 aliphatic carbocycles. The van der Waals surface area contributed by atoms with Gasteiger partial charge in [0.2, 0.25) is 0 Å². The van der Waals surface area contributed by atoms with Crippen molar-refractivity contribution in [3.8, 4) is 0 Å². The van der Waals surface area contributed by atoms with Gasteiger partial charge >= 0.3 is 0 Å². The zero-order valence-electron chi connectivity index (χ0n) is 11.1. The van der Waals surface area contributed by atoms with Crippen molar-refractivity contribution in [3.63, 3.8) is 0 Å². The molecule has 0 aliphatic heterocycles. The smallest absolute Gasteiger partial charge is 0.193 e. The Morgan fingerprint density at radius 3 is 2.21 bits per heavy atom. The SMILES string of the molecule is Cc1cc(C)c(C(=O)c2cc(Cl)cc(Br)c2)cc1C. The number of rotatable bonds is 2. The topological polar surface area (TPSA) is 17.1 Å². The van der Waals surface area contributed by atoms with Crippen LogP contribution in [-0.2, 0) is 0 Å². The molecule has 0 N–H and O–H groups in total. The molecule has 3 heteroatoms. The molecule has 0 saturated heterocycles. The minimum absolute atomic E-state index is 0.00352. The summed E-state index contributed by atoms with van der Waals surface area (Å²) in [5.41, 5.74) is 4.64. The van der Waals surface area contributed by atoms with Crippen LogP contribution in [0.5, 0.6) is 0 Å². The number of carbonyl (C=O) groups is 1. The number of halogens is 2. The van der Waals surface area contributed by atoms with Crippen LogP contribution in [-0.4, -0.2) is 5.78 Å². The minimum atomic E-state index is 0.00352. The fourth-order valence-electron chi connectivity index (χ4n) is 2.05. The standard InChI is InChI=1S/C16H14BrClO/c1-9-4-11(3)15(5-10(9)2)16(19)12-6-13(17)8-14(18)7-12/h4-8H,1-3H3. The van der Waals surface area contributed by atoms with Gasteiger partial charge in [-0.05, 0) is 61.7 Å². The highest BCUT2D eigenvalue weighted by Gasteiger charge is 2.14. The van der Waals surface area contributed by atoms with Crippen LogP contribution in [0.4, 0.5) is 0 Å². The molecule has 98 valence electrons. The van der Waals surface area contributed by atoms with E-state index in [2.05, 4.69) is 15.9 Å². The van der Waals surface area contributed by atoms with Crippen LogP contribution < -0.4 is 0 Å². The molecule has 0 amide bonds. The van der Waals surface area contributed by atoms with E-state index in [0.29, 0.717) is 10.6 Å². The summed E-state index contributed by atoms with van der Waals surface area (Å²) in [6.45, 7) is 6.02. The first-order valence-electron chi connectivity index (χ1n) is 5.97. The Hall–Kier alpha value is -1.12. The Morgan fingerprint density at radius 2 is 1.58 bits per heavy atom. The molecule has 0 unspecified atom stereocenters. The maximum atomic E-state index is 12.6. The van der Waals surface area contributed by atoms with E-state index in [1.807, 2.05) is 32.9 Å². The van der Waals surface area contributed by atoms with Crippen molar-refractivity contribution in [3.05, 3.63) is 67.6 Å². The summed E-state index contributed by atoms with van der Waals surface area (Å²) >= 11 is 9.36. The molecule has 0 radical (unpaired) electrons. The van der Waals surface area contributed by atoms with Gasteiger partial charge in [-0.1, -0.05) is 33.6 Å². The summed E-state index contributed by atoms with van der Waals surface area (Å²) in [4.78, 5) is 12.6. The molecule has 0 fully saturated rings. The van der Waals surface area contributed by atoms with Crippen LogP contribution in [0.1, 0.15) is 32.6 Å². The van der Waals surface area contributed by atoms with Gasteiger partial charge in [0.05, 0.1) is 0 Å². The molecule has 0 spiro atoms. The van der Waals surface area contributed by atoms with Crippen LogP contribution in [0.3, 0.4) is 0 Å². The zero-order valence-corrected chi connectivity index (χ0v) is 13.4. The average molecular weight is 338 g/mol. The third kappa shape index (κ3) is 3.07. The van der Waals surface area contributed by atoms with E-state index in [0.717, 1.165) is 21.2 Å². The number of aryl methyl sites for hydroxylation is 3. The lowest BCUT2D eigenvalue weighted by Crippen LogP contribution is -2.05. The van der Waals surface area contributed by atoms with Gasteiger partial charge in [-0.15, -0.1) is 0 Å². The first kappa shape index (κ1) is 14.3. The maximum absolute atomic E-state index is 12.6. The lowest BCUT2D eigenvalue weighted by molar-refractivity contribution is 0.103. The Bertz CT molecular complexity index is 642. The van der Waals surface area contributed by atoms with Gasteiger partial charge in [-0.3, -0.25) is 4.79 Å². The largest absolute Gasteiger partial charge is 0.289 e. The third-order valence-corrected chi connectivity index (χ3v) is 3.89. The van der Waals surface area contributed by atoms with E-state index in [-0.39, 0.29) is 5.78 Å². The maximum Gasteiger partial charge on any atom is 0.193 e. The number of hydrogen-bond donors (Lipinski definition) is 0. The van der Waals surface area contributed by atoms with Crippen LogP contribution in [0.15, 0.2) is 34.8 Å². The summed E-state index contributed by atoms with van der Waals surface area (Å²) in [6.07, 6.45) is 0. The van der Waals surface area contributed by atoms with E-state index in [1.54, 1.807) is 18.2 Å². The van der Waals surface area contributed by atoms with Crippen LogP contribution in [0.25, 0.3) is 0 Å². The Labute approximate surface area is 126 Å². The monoisotopic (exact) mass is 336 g/mol. The van der Waals surface area contributed by atoms with Crippen molar-refractivity contribution >= 4 is 33.3 Å². The van der Waals surface area contributed by atoms with Gasteiger partial charge in [-0.2, -0.15) is 0 Å². The first-order valence-corrected chi connectivity index (χ1v) is 7.14. The molecule has 0 bridgehead atoms. The van der Waals surface area contributed by atoms with E-state index in [1.165, 1.54) is 5.56 Å². The molecule has 0 atom stereocenters. The van der Waals surface area contributed by atoms with Gasteiger partial charge < -0.3 is 0 Å². The average Bonchev–Trinajstić information content (AvgIpc) is 2.31. The molecule has 2 rings (SSSR count). The van der Waals surface area contributed by atoms with Crippen molar-refractivity contribution in [2.75, 3.05) is 0 Å². The number of hydrogen-bond acceptors (Lipinski definition) is 1. The van der Waals surface area contributed by atoms with Crippen LogP contribution >= 0.6 is 27.5 Å². The van der Waals surface area contributed by atoms with Crippen molar-refractivity contribution in [2.24, 2.45) is 0 Å². The molecule has 0 saturated carbocycles. The highest BCUT2D eigenvalue weighted by molar-refractivity contribution is 9.10. The van der Waals surface area contributed by atoms with E-state index < -0.39 is 0 Å². The van der Waals surface area contributed by atoms with Gasteiger partial charge in [0, 0.05) is 20.6 Å². The Kier molecular flexibility index (Phi) is 4.12. The molecule has 0 heterocycles. The summed E-state index contributed by atoms with van der Waals surface area (Å²) < 4.78 is 0.810. The summed E-state index contributed by atoms with van der Waals surface area (Å²) in [6, 6.07) is 9.25. The highest BCUT2D eigenvalue weighted by atomic mass is 79.9. The second kappa shape index (κ2) is 5.48. The predicted molar refractivity (Wildman–Crippen MR) is 83.2 cm³/mol.